The van der Waals surface area contributed by atoms with Crippen LogP contribution in [0.5, 0.6) is 5.75 Å². The number of carbonyl (C=O) groups is 2. The van der Waals surface area contributed by atoms with Gasteiger partial charge in [0.15, 0.2) is 12.3 Å². The van der Waals surface area contributed by atoms with Crippen molar-refractivity contribution in [3.05, 3.63) is 41.1 Å². The first-order chi connectivity index (χ1) is 13.0. The average molecular weight is 388 g/mol. The van der Waals surface area contributed by atoms with Crippen LogP contribution in [0.1, 0.15) is 27.8 Å². The highest BCUT2D eigenvalue weighted by atomic mass is 32.1. The summed E-state index contributed by atoms with van der Waals surface area (Å²) in [6, 6.07) is 5.68. The van der Waals surface area contributed by atoms with Crippen LogP contribution in [-0.2, 0) is 11.4 Å². The number of oxazole rings is 1. The van der Waals surface area contributed by atoms with E-state index in [1.165, 1.54) is 11.2 Å². The molecular weight excluding hydrogens is 368 g/mol. The summed E-state index contributed by atoms with van der Waals surface area (Å²) >= 11 is 1.63. The van der Waals surface area contributed by atoms with Crippen molar-refractivity contribution in [1.29, 1.82) is 0 Å². The Labute approximate surface area is 160 Å². The van der Waals surface area contributed by atoms with E-state index < -0.39 is 0 Å². The maximum absolute atomic E-state index is 12.3. The SMILES string of the molecule is CNC(=O)CCN(C)C(=O)c1coc(COc2ccc3sc(C)nc3c2)n1. The van der Waals surface area contributed by atoms with Crippen molar-refractivity contribution in [1.82, 2.24) is 20.2 Å². The van der Waals surface area contributed by atoms with Crippen molar-refractivity contribution >= 4 is 33.4 Å². The maximum Gasteiger partial charge on any atom is 0.275 e. The van der Waals surface area contributed by atoms with Gasteiger partial charge in [-0.05, 0) is 19.1 Å². The quantitative estimate of drug-likeness (QED) is 0.667. The number of nitrogens with zero attached hydrogens (tertiary/aromatic N) is 3. The van der Waals surface area contributed by atoms with E-state index in [0.717, 1.165) is 15.2 Å². The minimum absolute atomic E-state index is 0.101. The highest BCUT2D eigenvalue weighted by Crippen LogP contribution is 2.26. The molecule has 3 aromatic rings. The van der Waals surface area contributed by atoms with E-state index in [9.17, 15) is 9.59 Å². The number of thiazole rings is 1. The Morgan fingerprint density at radius 2 is 2.15 bits per heavy atom. The molecule has 0 aliphatic heterocycles. The lowest BCUT2D eigenvalue weighted by Gasteiger charge is -2.14. The van der Waals surface area contributed by atoms with Crippen molar-refractivity contribution in [2.75, 3.05) is 20.6 Å². The van der Waals surface area contributed by atoms with Gasteiger partial charge in [0.2, 0.25) is 11.8 Å². The van der Waals surface area contributed by atoms with Gasteiger partial charge in [-0.3, -0.25) is 9.59 Å². The average Bonchev–Trinajstić information content (AvgIpc) is 3.28. The van der Waals surface area contributed by atoms with E-state index in [0.29, 0.717) is 18.2 Å². The number of ether oxygens (including phenoxy) is 1. The number of hydrogen-bond acceptors (Lipinski definition) is 7. The second kappa shape index (κ2) is 8.17. The van der Waals surface area contributed by atoms with Crippen molar-refractivity contribution < 1.29 is 18.7 Å². The normalized spacial score (nSPS) is 10.8. The topological polar surface area (TPSA) is 97.6 Å². The fourth-order valence-electron chi connectivity index (χ4n) is 2.42. The largest absolute Gasteiger partial charge is 0.484 e. The first-order valence-corrected chi connectivity index (χ1v) is 9.18. The summed E-state index contributed by atoms with van der Waals surface area (Å²) < 4.78 is 12.1. The van der Waals surface area contributed by atoms with Crippen molar-refractivity contribution in [2.24, 2.45) is 0 Å². The molecule has 0 bridgehead atoms. The molecule has 0 aliphatic rings. The smallest absolute Gasteiger partial charge is 0.275 e. The number of rotatable bonds is 7. The van der Waals surface area contributed by atoms with Crippen molar-refractivity contribution in [3.63, 3.8) is 0 Å². The third kappa shape index (κ3) is 4.62. The molecule has 142 valence electrons. The van der Waals surface area contributed by atoms with E-state index >= 15 is 0 Å². The van der Waals surface area contributed by atoms with Gasteiger partial charge in [0.25, 0.3) is 5.91 Å². The lowest BCUT2D eigenvalue weighted by molar-refractivity contribution is -0.120. The van der Waals surface area contributed by atoms with Crippen molar-refractivity contribution in [2.45, 2.75) is 20.0 Å². The van der Waals surface area contributed by atoms with Gasteiger partial charge in [-0.15, -0.1) is 11.3 Å². The third-order valence-corrected chi connectivity index (χ3v) is 4.85. The van der Waals surface area contributed by atoms with Crippen LogP contribution in [0.25, 0.3) is 10.2 Å². The van der Waals surface area contributed by atoms with Crippen LogP contribution in [0.15, 0.2) is 28.9 Å². The monoisotopic (exact) mass is 388 g/mol. The molecule has 0 spiro atoms. The van der Waals surface area contributed by atoms with Gasteiger partial charge in [0, 0.05) is 33.1 Å². The van der Waals surface area contributed by atoms with Gasteiger partial charge < -0.3 is 19.4 Å². The number of fused-ring (bicyclic) bond motifs is 1. The Morgan fingerprint density at radius 1 is 1.33 bits per heavy atom. The summed E-state index contributed by atoms with van der Waals surface area (Å²) in [5.41, 5.74) is 1.06. The van der Waals surface area contributed by atoms with Crippen molar-refractivity contribution in [3.8, 4) is 5.75 Å². The molecular formula is C18H20N4O4S. The summed E-state index contributed by atoms with van der Waals surface area (Å²) in [6.45, 7) is 2.36. The molecule has 0 saturated carbocycles. The van der Waals surface area contributed by atoms with Crippen LogP contribution in [0.4, 0.5) is 0 Å². The van der Waals surface area contributed by atoms with Crippen LogP contribution in [0.2, 0.25) is 0 Å². The van der Waals surface area contributed by atoms with Crippen LogP contribution in [0.3, 0.4) is 0 Å². The zero-order valence-corrected chi connectivity index (χ0v) is 16.1. The van der Waals surface area contributed by atoms with Crippen LogP contribution in [0, 0.1) is 6.92 Å². The summed E-state index contributed by atoms with van der Waals surface area (Å²) in [4.78, 5) is 33.6. The molecule has 2 amide bonds. The number of carbonyl (C=O) groups excluding carboxylic acids is 2. The Morgan fingerprint density at radius 3 is 2.93 bits per heavy atom. The molecule has 27 heavy (non-hydrogen) atoms. The summed E-state index contributed by atoms with van der Waals surface area (Å²) in [6.07, 6.45) is 1.52. The Bertz CT molecular complexity index is 965. The second-order valence-corrected chi connectivity index (χ2v) is 7.16. The molecule has 0 fully saturated rings. The fraction of sp³-hybridized carbons (Fsp3) is 0.333. The maximum atomic E-state index is 12.3. The molecule has 0 aliphatic carbocycles. The number of benzene rings is 1. The third-order valence-electron chi connectivity index (χ3n) is 3.90. The molecule has 3 rings (SSSR count). The molecule has 2 heterocycles. The highest BCUT2D eigenvalue weighted by molar-refractivity contribution is 7.18. The van der Waals surface area contributed by atoms with Crippen LogP contribution < -0.4 is 10.1 Å². The molecule has 0 saturated heterocycles. The van der Waals surface area contributed by atoms with E-state index in [1.807, 2.05) is 25.1 Å². The number of nitrogens with one attached hydrogen (secondary N) is 1. The predicted octanol–water partition coefficient (Wildman–Crippen LogP) is 2.38. The first kappa shape index (κ1) is 18.8. The summed E-state index contributed by atoms with van der Waals surface area (Å²) in [7, 11) is 3.17. The molecule has 0 radical (unpaired) electrons. The first-order valence-electron chi connectivity index (χ1n) is 8.36. The van der Waals surface area contributed by atoms with E-state index in [4.69, 9.17) is 9.15 Å². The Kier molecular flexibility index (Phi) is 5.70. The van der Waals surface area contributed by atoms with Crippen LogP contribution >= 0.6 is 11.3 Å². The van der Waals surface area contributed by atoms with Gasteiger partial charge in [0.05, 0.1) is 15.2 Å². The standard InChI is InChI=1S/C18H20N4O4S/c1-11-20-13-8-12(4-5-15(13)27-11)25-10-17-21-14(9-26-17)18(24)22(3)7-6-16(23)19-2/h4-5,8-9H,6-7,10H2,1-3H3,(H,19,23). The highest BCUT2D eigenvalue weighted by Gasteiger charge is 2.17. The fourth-order valence-corrected chi connectivity index (χ4v) is 3.23. The second-order valence-electron chi connectivity index (χ2n) is 5.93. The molecule has 8 nitrogen and oxygen atoms in total. The minimum atomic E-state index is -0.312. The zero-order valence-electron chi connectivity index (χ0n) is 15.3. The Balaban J connectivity index is 1.58. The number of aryl methyl sites for hydroxylation is 1. The zero-order chi connectivity index (χ0) is 19.4. The minimum Gasteiger partial charge on any atom is -0.484 e. The molecule has 1 N–H and O–H groups in total. The predicted molar refractivity (Wildman–Crippen MR) is 101 cm³/mol. The van der Waals surface area contributed by atoms with Gasteiger partial charge in [0.1, 0.15) is 12.0 Å². The number of hydrogen-bond donors (Lipinski definition) is 1. The van der Waals surface area contributed by atoms with Crippen LogP contribution in [-0.4, -0.2) is 47.3 Å². The summed E-state index contributed by atoms with van der Waals surface area (Å²) in [5.74, 6) is 0.513. The van der Waals surface area contributed by atoms with Gasteiger partial charge in [-0.1, -0.05) is 0 Å². The van der Waals surface area contributed by atoms with E-state index in [2.05, 4.69) is 15.3 Å². The van der Waals surface area contributed by atoms with Gasteiger partial charge in [-0.2, -0.15) is 0 Å². The lowest BCUT2D eigenvalue weighted by atomic mass is 10.3. The summed E-state index contributed by atoms with van der Waals surface area (Å²) in [5, 5.41) is 3.52. The number of amides is 2. The molecule has 0 atom stereocenters. The van der Waals surface area contributed by atoms with Gasteiger partial charge >= 0.3 is 0 Å². The molecule has 9 heteroatoms. The lowest BCUT2D eigenvalue weighted by Crippen LogP contribution is -2.31. The van der Waals surface area contributed by atoms with E-state index in [-0.39, 0.29) is 30.5 Å². The molecule has 2 aromatic heterocycles. The molecule has 0 unspecified atom stereocenters. The van der Waals surface area contributed by atoms with Gasteiger partial charge in [-0.25, -0.2) is 9.97 Å². The Hall–Kier alpha value is -2.94. The van der Waals surface area contributed by atoms with E-state index in [1.54, 1.807) is 25.4 Å². The number of aromatic nitrogens is 2. The molecule has 1 aromatic carbocycles.